The first kappa shape index (κ1) is 22.8. The fourth-order valence-corrected chi connectivity index (χ4v) is 5.24. The molecule has 0 amide bonds. The molecule has 10 heteroatoms. The van der Waals surface area contributed by atoms with E-state index in [9.17, 15) is 12.8 Å². The van der Waals surface area contributed by atoms with Gasteiger partial charge in [0.25, 0.3) is 10.0 Å². The number of benzene rings is 3. The standard InChI is InChI=1S/C23H18BrFN2O5S/c1-30-21-12-15-19(13-22(21)31-2)26-10-9-20(15)32-14-7-8-18(17(25)11-14)27-33(28,29)23-6-4-3-5-16(23)24/h3-13,27H,1-2H3. The second-order valence-electron chi connectivity index (χ2n) is 6.81. The molecule has 3 aromatic carbocycles. The molecule has 4 rings (SSSR count). The number of fused-ring (bicyclic) bond motifs is 1. The molecule has 0 atom stereocenters. The zero-order valence-electron chi connectivity index (χ0n) is 17.5. The maximum absolute atomic E-state index is 14.8. The van der Waals surface area contributed by atoms with E-state index in [-0.39, 0.29) is 16.3 Å². The number of nitrogens with one attached hydrogen (secondary N) is 1. The number of hydrogen-bond donors (Lipinski definition) is 1. The predicted molar refractivity (Wildman–Crippen MR) is 126 cm³/mol. The molecule has 0 saturated heterocycles. The lowest BCUT2D eigenvalue weighted by molar-refractivity contribution is 0.355. The molecule has 0 aliphatic heterocycles. The summed E-state index contributed by atoms with van der Waals surface area (Å²) in [5.74, 6) is 0.814. The van der Waals surface area contributed by atoms with E-state index in [2.05, 4.69) is 25.6 Å². The number of aromatic nitrogens is 1. The van der Waals surface area contributed by atoms with Crippen LogP contribution >= 0.6 is 15.9 Å². The number of hydrogen-bond acceptors (Lipinski definition) is 6. The highest BCUT2D eigenvalue weighted by molar-refractivity contribution is 9.10. The van der Waals surface area contributed by atoms with E-state index in [1.807, 2.05) is 0 Å². The Morgan fingerprint density at radius 2 is 1.67 bits per heavy atom. The summed E-state index contributed by atoms with van der Waals surface area (Å²) in [4.78, 5) is 4.30. The van der Waals surface area contributed by atoms with Crippen molar-refractivity contribution >= 4 is 42.5 Å². The van der Waals surface area contributed by atoms with Crippen LogP contribution in [0.25, 0.3) is 10.9 Å². The average Bonchev–Trinajstić information content (AvgIpc) is 2.80. The summed E-state index contributed by atoms with van der Waals surface area (Å²) in [5.41, 5.74) is 0.396. The van der Waals surface area contributed by atoms with Gasteiger partial charge in [0.05, 0.1) is 25.4 Å². The minimum absolute atomic E-state index is 0.00245. The smallest absolute Gasteiger partial charge is 0.263 e. The molecule has 7 nitrogen and oxygen atoms in total. The second-order valence-corrected chi connectivity index (χ2v) is 9.32. The Hall–Kier alpha value is -3.37. The molecular weight excluding hydrogens is 515 g/mol. The number of methoxy groups -OCH3 is 2. The number of halogens is 2. The van der Waals surface area contributed by atoms with Crippen LogP contribution in [0.5, 0.6) is 23.0 Å². The van der Waals surface area contributed by atoms with Gasteiger partial charge in [-0.05, 0) is 52.3 Å². The Balaban J connectivity index is 1.63. The molecule has 0 aliphatic rings. The highest BCUT2D eigenvalue weighted by Gasteiger charge is 2.19. The maximum atomic E-state index is 14.8. The molecule has 1 heterocycles. The molecular formula is C23H18BrFN2O5S. The van der Waals surface area contributed by atoms with Crippen LogP contribution < -0.4 is 18.9 Å². The van der Waals surface area contributed by atoms with Gasteiger partial charge in [-0.15, -0.1) is 0 Å². The molecule has 0 bridgehead atoms. The van der Waals surface area contributed by atoms with Crippen LogP contribution in [0.3, 0.4) is 0 Å². The van der Waals surface area contributed by atoms with Crippen LogP contribution in [-0.4, -0.2) is 27.6 Å². The SMILES string of the molecule is COc1cc2nccc(Oc3ccc(NS(=O)(=O)c4ccccc4Br)c(F)c3)c2cc1OC. The fourth-order valence-electron chi connectivity index (χ4n) is 3.17. The first-order chi connectivity index (χ1) is 15.8. The monoisotopic (exact) mass is 532 g/mol. The molecule has 0 spiro atoms. The zero-order valence-corrected chi connectivity index (χ0v) is 19.9. The van der Waals surface area contributed by atoms with Gasteiger partial charge < -0.3 is 14.2 Å². The minimum Gasteiger partial charge on any atom is -0.493 e. The summed E-state index contributed by atoms with van der Waals surface area (Å²) >= 11 is 3.20. The summed E-state index contributed by atoms with van der Waals surface area (Å²) in [6, 6.07) is 15.2. The Morgan fingerprint density at radius 3 is 2.36 bits per heavy atom. The van der Waals surface area contributed by atoms with Crippen molar-refractivity contribution in [2.24, 2.45) is 0 Å². The topological polar surface area (TPSA) is 86.8 Å². The van der Waals surface area contributed by atoms with E-state index in [1.54, 1.807) is 42.6 Å². The molecule has 170 valence electrons. The maximum Gasteiger partial charge on any atom is 0.263 e. The number of pyridine rings is 1. The van der Waals surface area contributed by atoms with E-state index in [0.29, 0.717) is 32.6 Å². The molecule has 0 radical (unpaired) electrons. The van der Waals surface area contributed by atoms with Gasteiger partial charge in [-0.3, -0.25) is 9.71 Å². The third-order valence-corrected chi connectivity index (χ3v) is 7.12. The normalized spacial score (nSPS) is 11.3. The summed E-state index contributed by atoms with van der Waals surface area (Å²) in [6.45, 7) is 0. The van der Waals surface area contributed by atoms with Crippen LogP contribution in [0.4, 0.5) is 10.1 Å². The van der Waals surface area contributed by atoms with Gasteiger partial charge in [0, 0.05) is 28.2 Å². The van der Waals surface area contributed by atoms with Crippen molar-refractivity contribution in [3.63, 3.8) is 0 Å². The number of nitrogens with zero attached hydrogens (tertiary/aromatic N) is 1. The van der Waals surface area contributed by atoms with Crippen LogP contribution in [0.2, 0.25) is 0 Å². The van der Waals surface area contributed by atoms with Crippen LogP contribution in [0, 0.1) is 5.82 Å². The van der Waals surface area contributed by atoms with Crippen molar-refractivity contribution in [3.05, 3.63) is 77.2 Å². The second kappa shape index (κ2) is 9.24. The molecule has 33 heavy (non-hydrogen) atoms. The number of ether oxygens (including phenoxy) is 3. The summed E-state index contributed by atoms with van der Waals surface area (Å²) < 4.78 is 59.2. The Bertz CT molecular complexity index is 1450. The summed E-state index contributed by atoms with van der Waals surface area (Å²) in [6.07, 6.45) is 1.56. The minimum atomic E-state index is -3.99. The first-order valence-electron chi connectivity index (χ1n) is 9.58. The lowest BCUT2D eigenvalue weighted by atomic mass is 10.2. The van der Waals surface area contributed by atoms with Crippen LogP contribution in [0.15, 0.2) is 76.2 Å². The fraction of sp³-hybridized carbons (Fsp3) is 0.0870. The van der Waals surface area contributed by atoms with Gasteiger partial charge in [0.2, 0.25) is 0 Å². The van der Waals surface area contributed by atoms with Gasteiger partial charge >= 0.3 is 0 Å². The summed E-state index contributed by atoms with van der Waals surface area (Å²) in [7, 11) is -0.949. The lowest BCUT2D eigenvalue weighted by Crippen LogP contribution is -2.14. The molecule has 1 aromatic heterocycles. The average molecular weight is 533 g/mol. The third-order valence-electron chi connectivity index (χ3n) is 4.75. The zero-order chi connectivity index (χ0) is 23.6. The van der Waals surface area contributed by atoms with Gasteiger partial charge in [-0.25, -0.2) is 12.8 Å². The van der Waals surface area contributed by atoms with E-state index in [4.69, 9.17) is 14.2 Å². The van der Waals surface area contributed by atoms with E-state index >= 15 is 0 Å². The van der Waals surface area contributed by atoms with Gasteiger partial charge in [0.15, 0.2) is 17.3 Å². The van der Waals surface area contributed by atoms with Gasteiger partial charge in [0.1, 0.15) is 16.4 Å². The van der Waals surface area contributed by atoms with Crippen molar-refractivity contribution in [2.45, 2.75) is 4.90 Å². The largest absolute Gasteiger partial charge is 0.493 e. The van der Waals surface area contributed by atoms with Gasteiger partial charge in [-0.1, -0.05) is 12.1 Å². The molecule has 0 aliphatic carbocycles. The van der Waals surface area contributed by atoms with Crippen molar-refractivity contribution < 1.29 is 27.0 Å². The quantitative estimate of drug-likeness (QED) is 0.326. The molecule has 0 unspecified atom stereocenters. The van der Waals surface area contributed by atoms with Crippen molar-refractivity contribution in [1.29, 1.82) is 0 Å². The number of rotatable bonds is 7. The van der Waals surface area contributed by atoms with E-state index in [1.165, 1.54) is 32.4 Å². The predicted octanol–water partition coefficient (Wildman–Crippen LogP) is 5.75. The lowest BCUT2D eigenvalue weighted by Gasteiger charge is -2.14. The molecule has 0 saturated carbocycles. The molecule has 1 N–H and O–H groups in total. The van der Waals surface area contributed by atoms with Crippen molar-refractivity contribution in [2.75, 3.05) is 18.9 Å². The Morgan fingerprint density at radius 1 is 0.939 bits per heavy atom. The third kappa shape index (κ3) is 4.71. The highest BCUT2D eigenvalue weighted by atomic mass is 79.9. The van der Waals surface area contributed by atoms with Crippen LogP contribution in [0.1, 0.15) is 0 Å². The van der Waals surface area contributed by atoms with Crippen molar-refractivity contribution in [3.8, 4) is 23.0 Å². The Kier molecular flexibility index (Phi) is 6.39. The van der Waals surface area contributed by atoms with Crippen molar-refractivity contribution in [1.82, 2.24) is 4.98 Å². The van der Waals surface area contributed by atoms with E-state index < -0.39 is 15.8 Å². The molecule has 0 fully saturated rings. The first-order valence-corrected chi connectivity index (χ1v) is 11.9. The Labute approximate surface area is 198 Å². The molecule has 4 aromatic rings. The highest BCUT2D eigenvalue weighted by Crippen LogP contribution is 2.37. The number of anilines is 1. The summed E-state index contributed by atoms with van der Waals surface area (Å²) in [5, 5.41) is 0.634. The van der Waals surface area contributed by atoms with E-state index in [0.717, 1.165) is 6.07 Å². The van der Waals surface area contributed by atoms with Gasteiger partial charge in [-0.2, -0.15) is 0 Å². The van der Waals surface area contributed by atoms with Crippen LogP contribution in [-0.2, 0) is 10.0 Å². The number of sulfonamides is 1.